The Morgan fingerprint density at radius 1 is 0.938 bits per heavy atom. The first kappa shape index (κ1) is 35.8. The Morgan fingerprint density at radius 3 is 2.15 bits per heavy atom. The van der Waals surface area contributed by atoms with Crippen LogP contribution < -0.4 is 16.4 Å². The van der Waals surface area contributed by atoms with Gasteiger partial charge in [0.2, 0.25) is 5.96 Å². The largest absolute Gasteiger partial charge is 0.450 e. The minimum Gasteiger partial charge on any atom is -0.450 e. The number of amides is 2. The number of nitrogens with one attached hydrogen (secondary N) is 2. The molecule has 1 aliphatic heterocycles. The van der Waals surface area contributed by atoms with Gasteiger partial charge in [0.25, 0.3) is 0 Å². The van der Waals surface area contributed by atoms with E-state index in [0.717, 1.165) is 29.5 Å². The molecule has 0 saturated carbocycles. The maximum Gasteiger partial charge on any atom is 0.437 e. The number of aliphatic imine (C=N–C) groups is 2. The maximum atomic E-state index is 12.7. The van der Waals surface area contributed by atoms with Gasteiger partial charge in [0.05, 0.1) is 30.0 Å². The average Bonchev–Trinajstić information content (AvgIpc) is 3.50. The third-order valence-corrected chi connectivity index (χ3v) is 9.16. The lowest BCUT2D eigenvalue weighted by Gasteiger charge is -2.28. The van der Waals surface area contributed by atoms with E-state index in [0.29, 0.717) is 22.9 Å². The van der Waals surface area contributed by atoms with Crippen LogP contribution in [0.2, 0.25) is 0 Å². The van der Waals surface area contributed by atoms with Gasteiger partial charge in [-0.15, -0.1) is 4.99 Å². The van der Waals surface area contributed by atoms with Crippen LogP contribution in [-0.4, -0.2) is 52.3 Å². The molecule has 0 radical (unpaired) electrons. The van der Waals surface area contributed by atoms with E-state index in [1.807, 2.05) is 97.9 Å². The number of rotatable bonds is 15. The summed E-state index contributed by atoms with van der Waals surface area (Å²) in [5, 5.41) is 20.2. The molecule has 1 heterocycles. The van der Waals surface area contributed by atoms with Gasteiger partial charge in [0.15, 0.2) is 5.23 Å². The molecule has 0 saturated heterocycles. The second kappa shape index (κ2) is 19.0. The Bertz CT molecular complexity index is 1640. The molecular formula is C36H41N5O6S. The quantitative estimate of drug-likeness (QED) is 0.0710. The Kier molecular flexibility index (Phi) is 14.1. The summed E-state index contributed by atoms with van der Waals surface area (Å²) in [5.74, 6) is -0.690. The van der Waals surface area contributed by atoms with Crippen molar-refractivity contribution in [2.75, 3.05) is 6.61 Å². The van der Waals surface area contributed by atoms with Crippen molar-refractivity contribution in [3.05, 3.63) is 119 Å². The Labute approximate surface area is 282 Å². The molecule has 2 unspecified atom stereocenters. The molecule has 2 amide bonds. The number of benzene rings is 3. The fourth-order valence-corrected chi connectivity index (χ4v) is 6.50. The van der Waals surface area contributed by atoms with Gasteiger partial charge in [-0.1, -0.05) is 104 Å². The number of ether oxygens (including phenoxy) is 2. The molecule has 0 spiro atoms. The summed E-state index contributed by atoms with van der Waals surface area (Å²) < 4.78 is 10.5. The minimum absolute atomic E-state index is 0.0268. The lowest BCUT2D eigenvalue weighted by molar-refractivity contribution is 0.0931. The van der Waals surface area contributed by atoms with Crippen LogP contribution >= 0.6 is 10.5 Å². The number of unbranched alkanes of at least 4 members (excludes halogenated alkanes) is 1. The minimum atomic E-state index is -1.31. The standard InChI is InChI=1S/C36H41N5O6S/c1-2-3-19-46-35(44)39-30(21-27-15-9-5-10-16-27)31(43)22-29(20-26-13-7-4-8-14-26)33-38-23-32(48(33)25-42)40-34(37)41-36(45)47-24-28-17-11-6-12-18-28/h4-18,23,29-31,43H,2-3,19-22,24H2,1H3,(H,39,44)(H3,37,40,41,45)/t29?,30-,31-,48?/m0/s1. The van der Waals surface area contributed by atoms with Crippen molar-refractivity contribution in [2.24, 2.45) is 21.6 Å². The first-order valence-electron chi connectivity index (χ1n) is 15.8. The topological polar surface area (TPSA) is 165 Å². The predicted octanol–water partition coefficient (Wildman–Crippen LogP) is 5.52. The molecule has 252 valence electrons. The summed E-state index contributed by atoms with van der Waals surface area (Å²) >= 11 is 0. The molecule has 0 fully saturated rings. The fourth-order valence-electron chi connectivity index (χ4n) is 5.07. The molecule has 12 heteroatoms. The number of carbonyl (C=O) groups is 2. The van der Waals surface area contributed by atoms with Crippen LogP contribution in [0.25, 0.3) is 0 Å². The zero-order valence-electron chi connectivity index (χ0n) is 26.8. The lowest BCUT2D eigenvalue weighted by Crippen LogP contribution is -2.46. The number of hydrogen-bond acceptors (Lipinski definition) is 7. The summed E-state index contributed by atoms with van der Waals surface area (Å²) in [7, 11) is -1.31. The highest BCUT2D eigenvalue weighted by molar-refractivity contribution is 8.30. The molecule has 3 aromatic rings. The van der Waals surface area contributed by atoms with Crippen molar-refractivity contribution in [1.29, 1.82) is 0 Å². The van der Waals surface area contributed by atoms with Crippen molar-refractivity contribution >= 4 is 38.9 Å². The number of guanidine groups is 1. The van der Waals surface area contributed by atoms with Crippen LogP contribution in [0.5, 0.6) is 0 Å². The molecule has 0 bridgehead atoms. The molecule has 11 nitrogen and oxygen atoms in total. The zero-order valence-corrected chi connectivity index (χ0v) is 27.6. The monoisotopic (exact) mass is 671 g/mol. The highest BCUT2D eigenvalue weighted by atomic mass is 32.2. The summed E-state index contributed by atoms with van der Waals surface area (Å²) in [6.45, 7) is 2.31. The van der Waals surface area contributed by atoms with Gasteiger partial charge in [0, 0.05) is 5.92 Å². The second-order valence-corrected chi connectivity index (χ2v) is 12.8. The van der Waals surface area contributed by atoms with E-state index in [-0.39, 0.29) is 25.6 Å². The first-order valence-corrected chi connectivity index (χ1v) is 17.0. The maximum absolute atomic E-state index is 12.7. The van der Waals surface area contributed by atoms with Crippen LogP contribution in [0.1, 0.15) is 42.9 Å². The van der Waals surface area contributed by atoms with E-state index in [9.17, 15) is 19.5 Å². The Hall–Kier alpha value is -5.03. The van der Waals surface area contributed by atoms with Gasteiger partial charge < -0.3 is 30.9 Å². The first-order chi connectivity index (χ1) is 23.4. The van der Waals surface area contributed by atoms with Crippen LogP contribution in [0.15, 0.2) is 112 Å². The molecule has 5 N–H and O–H groups in total. The number of hydrogen-bond donors (Lipinski definition) is 4. The van der Waals surface area contributed by atoms with E-state index >= 15 is 0 Å². The normalized spacial score (nSPS) is 16.0. The number of alkyl carbamates (subject to hydrolysis) is 1. The third-order valence-electron chi connectivity index (χ3n) is 7.49. The summed E-state index contributed by atoms with van der Waals surface area (Å²) in [6.07, 6.45) is 1.52. The molecule has 4 atom stereocenters. The third kappa shape index (κ3) is 11.3. The van der Waals surface area contributed by atoms with E-state index in [2.05, 4.69) is 25.9 Å². The van der Waals surface area contributed by atoms with E-state index in [1.54, 1.807) is 0 Å². The summed E-state index contributed by atoms with van der Waals surface area (Å²) in [4.78, 5) is 45.7. The van der Waals surface area contributed by atoms with Gasteiger partial charge in [-0.2, -0.15) is 0 Å². The van der Waals surface area contributed by atoms with Gasteiger partial charge in [-0.05, 0) is 52.9 Å². The predicted molar refractivity (Wildman–Crippen MR) is 188 cm³/mol. The number of nitrogens with zero attached hydrogens (tertiary/aromatic N) is 2. The summed E-state index contributed by atoms with van der Waals surface area (Å²) in [5.41, 5.74) is 8.70. The summed E-state index contributed by atoms with van der Waals surface area (Å²) in [6, 6.07) is 27.7. The Morgan fingerprint density at radius 2 is 1.54 bits per heavy atom. The number of nitrogens with two attached hydrogens (primary N) is 1. The van der Waals surface area contributed by atoms with Crippen molar-refractivity contribution in [1.82, 2.24) is 10.6 Å². The molecular weight excluding hydrogens is 630 g/mol. The zero-order chi connectivity index (χ0) is 34.1. The smallest absolute Gasteiger partial charge is 0.437 e. The van der Waals surface area contributed by atoms with Crippen molar-refractivity contribution in [3.8, 4) is 0 Å². The highest BCUT2D eigenvalue weighted by Gasteiger charge is 2.32. The second-order valence-electron chi connectivity index (χ2n) is 11.1. The van der Waals surface area contributed by atoms with Gasteiger partial charge in [-0.25, -0.2) is 14.4 Å². The van der Waals surface area contributed by atoms with Crippen LogP contribution in [0, 0.1) is 5.92 Å². The van der Waals surface area contributed by atoms with E-state index < -0.39 is 40.7 Å². The van der Waals surface area contributed by atoms with Crippen LogP contribution in [-0.2, 0) is 33.7 Å². The molecule has 48 heavy (non-hydrogen) atoms. The van der Waals surface area contributed by atoms with E-state index in [4.69, 9.17) is 15.2 Å². The number of aliphatic hydroxyl groups is 1. The van der Waals surface area contributed by atoms with E-state index in [1.165, 1.54) is 6.20 Å². The number of carbonyl (C=O) groups excluding carboxylic acids is 3. The van der Waals surface area contributed by atoms with Gasteiger partial charge >= 0.3 is 12.2 Å². The highest BCUT2D eigenvalue weighted by Crippen LogP contribution is 2.36. The molecule has 0 aromatic heterocycles. The van der Waals surface area contributed by atoms with Gasteiger partial charge in [-0.3, -0.25) is 4.99 Å². The molecule has 1 aliphatic rings. The number of aliphatic hydroxyl groups excluding tert-OH is 1. The average molecular weight is 672 g/mol. The van der Waals surface area contributed by atoms with Crippen LogP contribution in [0.4, 0.5) is 9.59 Å². The van der Waals surface area contributed by atoms with Gasteiger partial charge in [0.1, 0.15) is 11.6 Å². The molecule has 0 aliphatic carbocycles. The van der Waals surface area contributed by atoms with Crippen LogP contribution in [0.3, 0.4) is 0 Å². The molecule has 3 aromatic carbocycles. The van der Waals surface area contributed by atoms with Crippen molar-refractivity contribution < 1.29 is 29.0 Å². The fraction of sp³-hybridized carbons (Fsp3) is 0.306. The Balaban J connectivity index is 1.49. The lowest BCUT2D eigenvalue weighted by atomic mass is 9.90. The van der Waals surface area contributed by atoms with Crippen molar-refractivity contribution in [2.45, 2.75) is 57.8 Å². The van der Waals surface area contributed by atoms with Crippen molar-refractivity contribution in [3.63, 3.8) is 0 Å². The molecule has 4 rings (SSSR count). The SMILES string of the molecule is CCCCOC(=O)N[C@@H](Cc1ccccc1)[C@@H](O)CC(Cc1ccccc1)C1=NC=C(NC(N)=NC(=O)OCc2ccccc2)S1=C=O.